The van der Waals surface area contributed by atoms with E-state index in [0.29, 0.717) is 31.6 Å². The molecule has 1 aromatic heterocycles. The summed E-state index contributed by atoms with van der Waals surface area (Å²) in [7, 11) is 1.65. The largest absolute Gasteiger partial charge is 0.434 e. The molecule has 2 heterocycles. The average molecular weight is 402 g/mol. The summed E-state index contributed by atoms with van der Waals surface area (Å²) in [5.41, 5.74) is -0.362. The number of alkyl halides is 5. The van der Waals surface area contributed by atoms with E-state index >= 15 is 0 Å². The van der Waals surface area contributed by atoms with Crippen LogP contribution in [0.5, 0.6) is 5.75 Å². The number of para-hydroxylation sites is 1. The third kappa shape index (κ3) is 4.86. The van der Waals surface area contributed by atoms with Crippen LogP contribution < -0.4 is 9.64 Å². The highest BCUT2D eigenvalue weighted by molar-refractivity contribution is 5.34. The summed E-state index contributed by atoms with van der Waals surface area (Å²) in [6.45, 7) is -1.30. The van der Waals surface area contributed by atoms with Crippen molar-refractivity contribution < 1.29 is 26.7 Å². The fraction of sp³-hybridized carbons (Fsp3) is 0.444. The van der Waals surface area contributed by atoms with E-state index in [0.717, 1.165) is 12.3 Å². The molecule has 1 unspecified atom stereocenters. The van der Waals surface area contributed by atoms with Gasteiger partial charge in [0.15, 0.2) is 0 Å². The van der Waals surface area contributed by atoms with E-state index in [9.17, 15) is 22.0 Å². The van der Waals surface area contributed by atoms with E-state index < -0.39 is 18.5 Å². The second kappa shape index (κ2) is 8.26. The molecule has 0 amide bonds. The van der Waals surface area contributed by atoms with E-state index in [1.54, 1.807) is 30.1 Å². The van der Waals surface area contributed by atoms with Crippen LogP contribution in [0.4, 0.5) is 27.9 Å². The second-order valence-corrected chi connectivity index (χ2v) is 6.51. The fourth-order valence-corrected chi connectivity index (χ4v) is 3.20. The molecular weight excluding hydrogens is 383 g/mol. The predicted molar refractivity (Wildman–Crippen MR) is 92.2 cm³/mol. The van der Waals surface area contributed by atoms with Gasteiger partial charge in [0.25, 0.3) is 0 Å². The lowest BCUT2D eigenvalue weighted by Crippen LogP contribution is -2.36. The Morgan fingerprint density at radius 2 is 2.00 bits per heavy atom. The van der Waals surface area contributed by atoms with Gasteiger partial charge in [-0.25, -0.2) is 9.97 Å². The number of rotatable bonds is 6. The average Bonchev–Trinajstić information content (AvgIpc) is 3.10. The minimum atomic E-state index is -4.53. The van der Waals surface area contributed by atoms with Gasteiger partial charge in [-0.3, -0.25) is 4.90 Å². The van der Waals surface area contributed by atoms with Gasteiger partial charge in [0, 0.05) is 44.5 Å². The van der Waals surface area contributed by atoms with Crippen molar-refractivity contribution in [3.8, 4) is 5.75 Å². The molecule has 1 fully saturated rings. The van der Waals surface area contributed by atoms with E-state index in [1.807, 2.05) is 4.90 Å². The van der Waals surface area contributed by atoms with Crippen LogP contribution in [0, 0.1) is 0 Å². The van der Waals surface area contributed by atoms with Gasteiger partial charge in [0.05, 0.1) is 0 Å². The van der Waals surface area contributed by atoms with Gasteiger partial charge in [0.2, 0.25) is 5.95 Å². The van der Waals surface area contributed by atoms with Gasteiger partial charge < -0.3 is 9.64 Å². The lowest BCUT2D eigenvalue weighted by Gasteiger charge is -2.25. The molecule has 1 aliphatic heterocycles. The van der Waals surface area contributed by atoms with Crippen LogP contribution in [0.15, 0.2) is 36.5 Å². The van der Waals surface area contributed by atoms with Crippen LogP contribution in [-0.2, 0) is 12.7 Å². The number of halogens is 5. The number of ether oxygens (including phenoxy) is 1. The zero-order chi connectivity index (χ0) is 20.3. The number of hydrogen-bond acceptors (Lipinski definition) is 5. The summed E-state index contributed by atoms with van der Waals surface area (Å²) in [4.78, 5) is 11.2. The normalized spacial score (nSPS) is 17.9. The molecular formula is C18H19F5N4O. The van der Waals surface area contributed by atoms with Gasteiger partial charge in [-0.05, 0) is 18.6 Å². The maximum Gasteiger partial charge on any atom is 0.433 e. The number of benzene rings is 1. The van der Waals surface area contributed by atoms with Crippen LogP contribution in [0.1, 0.15) is 17.7 Å². The van der Waals surface area contributed by atoms with Crippen molar-refractivity contribution in [2.24, 2.45) is 0 Å². The van der Waals surface area contributed by atoms with E-state index in [4.69, 9.17) is 0 Å². The highest BCUT2D eigenvalue weighted by atomic mass is 19.4. The lowest BCUT2D eigenvalue weighted by atomic mass is 10.2. The van der Waals surface area contributed by atoms with Gasteiger partial charge in [-0.1, -0.05) is 18.2 Å². The first-order valence-corrected chi connectivity index (χ1v) is 8.62. The zero-order valence-electron chi connectivity index (χ0n) is 15.0. The quantitative estimate of drug-likeness (QED) is 0.688. The third-order valence-electron chi connectivity index (χ3n) is 4.63. The van der Waals surface area contributed by atoms with E-state index in [1.165, 1.54) is 6.07 Å². The Labute approximate surface area is 158 Å². The van der Waals surface area contributed by atoms with E-state index in [2.05, 4.69) is 14.7 Å². The molecule has 1 aromatic carbocycles. The molecule has 1 aliphatic rings. The van der Waals surface area contributed by atoms with Crippen LogP contribution in [0.3, 0.4) is 0 Å². The molecule has 2 aromatic rings. The molecule has 152 valence electrons. The molecule has 0 bridgehead atoms. The van der Waals surface area contributed by atoms with E-state index in [-0.39, 0.29) is 17.7 Å². The summed E-state index contributed by atoms with van der Waals surface area (Å²) in [5.74, 6) is 0.124. The first-order valence-electron chi connectivity index (χ1n) is 8.62. The van der Waals surface area contributed by atoms with Crippen molar-refractivity contribution >= 4 is 5.95 Å². The Bertz CT molecular complexity index is 802. The number of nitrogens with zero attached hydrogens (tertiary/aromatic N) is 4. The fourth-order valence-electron chi connectivity index (χ4n) is 3.20. The Kier molecular flexibility index (Phi) is 5.97. The van der Waals surface area contributed by atoms with Crippen molar-refractivity contribution in [2.75, 3.05) is 25.0 Å². The molecule has 0 saturated carbocycles. The van der Waals surface area contributed by atoms with Crippen molar-refractivity contribution in [1.82, 2.24) is 14.9 Å². The minimum Gasteiger partial charge on any atom is -0.434 e. The van der Waals surface area contributed by atoms with Gasteiger partial charge >= 0.3 is 12.8 Å². The summed E-state index contributed by atoms with van der Waals surface area (Å²) >= 11 is 0. The van der Waals surface area contributed by atoms with Crippen molar-refractivity contribution in [3.63, 3.8) is 0 Å². The molecule has 0 radical (unpaired) electrons. The Balaban J connectivity index is 1.66. The monoisotopic (exact) mass is 402 g/mol. The smallest absolute Gasteiger partial charge is 0.433 e. The summed E-state index contributed by atoms with van der Waals surface area (Å²) < 4.78 is 68.2. The minimum absolute atomic E-state index is 0.00288. The number of anilines is 1. The van der Waals surface area contributed by atoms with Crippen molar-refractivity contribution in [3.05, 3.63) is 47.8 Å². The molecule has 1 atom stereocenters. The van der Waals surface area contributed by atoms with Crippen LogP contribution >= 0.6 is 0 Å². The van der Waals surface area contributed by atoms with Crippen LogP contribution in [0.2, 0.25) is 0 Å². The first kappa shape index (κ1) is 20.2. The van der Waals surface area contributed by atoms with Gasteiger partial charge in [-0.15, -0.1) is 0 Å². The van der Waals surface area contributed by atoms with Gasteiger partial charge in [-0.2, -0.15) is 22.0 Å². The summed E-state index contributed by atoms with van der Waals surface area (Å²) in [6.07, 6.45) is -2.76. The maximum absolute atomic E-state index is 12.9. The number of likely N-dealkylation sites (N-methyl/N-ethyl adjacent to an activating group) is 1. The predicted octanol–water partition coefficient (Wildman–Crippen LogP) is 3.81. The zero-order valence-corrected chi connectivity index (χ0v) is 15.0. The first-order chi connectivity index (χ1) is 13.2. The number of likely N-dealkylation sites (tertiary alicyclic amines) is 1. The van der Waals surface area contributed by atoms with Crippen molar-refractivity contribution in [1.29, 1.82) is 0 Å². The lowest BCUT2D eigenvalue weighted by molar-refractivity contribution is -0.141. The molecule has 1 saturated heterocycles. The molecule has 0 aliphatic carbocycles. The van der Waals surface area contributed by atoms with Crippen LogP contribution in [0.25, 0.3) is 0 Å². The Hall–Kier alpha value is -2.49. The molecule has 3 rings (SSSR count). The SMILES string of the molecule is CN(c1nccc(C(F)(F)F)n1)C1CCN(Cc2ccccc2OC(F)F)C1. The number of hydrogen-bond donors (Lipinski definition) is 0. The molecule has 5 nitrogen and oxygen atoms in total. The highest BCUT2D eigenvalue weighted by Gasteiger charge is 2.34. The molecule has 28 heavy (non-hydrogen) atoms. The third-order valence-corrected chi connectivity index (χ3v) is 4.63. The van der Waals surface area contributed by atoms with Crippen LogP contribution in [-0.4, -0.2) is 47.7 Å². The molecule has 0 N–H and O–H groups in total. The number of aromatic nitrogens is 2. The van der Waals surface area contributed by atoms with Gasteiger partial charge in [0.1, 0.15) is 11.4 Å². The topological polar surface area (TPSA) is 41.5 Å². The maximum atomic E-state index is 12.9. The van der Waals surface area contributed by atoms with Crippen molar-refractivity contribution in [2.45, 2.75) is 31.8 Å². The Morgan fingerprint density at radius 1 is 1.25 bits per heavy atom. The highest BCUT2D eigenvalue weighted by Crippen LogP contribution is 2.29. The second-order valence-electron chi connectivity index (χ2n) is 6.51. The summed E-state index contributed by atoms with van der Waals surface area (Å²) in [5, 5.41) is 0. The molecule has 10 heteroatoms. The standard InChI is InChI=1S/C18H19F5N4O/c1-26(17-24-8-6-15(25-17)18(21,22)23)13-7-9-27(11-13)10-12-4-2-3-5-14(12)28-16(19)20/h2-6,8,13,16H,7,9-11H2,1H3. The Morgan fingerprint density at radius 3 is 2.71 bits per heavy atom. The summed E-state index contributed by atoms with van der Waals surface area (Å²) in [6, 6.07) is 7.29. The molecule has 0 spiro atoms.